The van der Waals surface area contributed by atoms with Gasteiger partial charge in [0.25, 0.3) is 0 Å². The number of hydrogen-bond donors (Lipinski definition) is 0. The smallest absolute Gasteiger partial charge is 0.152 e. The third-order valence-electron chi connectivity index (χ3n) is 0.865. The molecule has 62 valence electrons. The molecule has 0 heterocycles. The molecule has 3 heteroatoms. The predicted molar refractivity (Wildman–Crippen MR) is 36.6 cm³/mol. The Bertz CT molecular complexity index is 88.1. The monoisotopic (exact) mass is 152 g/mol. The Morgan fingerprint density at radius 3 is 2.20 bits per heavy atom. The van der Waals surface area contributed by atoms with Crippen LogP contribution in [0.5, 0.6) is 0 Å². The molecule has 0 amide bonds. The maximum absolute atomic E-state index is 12.2. The van der Waals surface area contributed by atoms with Crippen molar-refractivity contribution >= 4 is 0 Å². The average Bonchev–Trinajstić information content (AvgIpc) is 1.81. The minimum atomic E-state index is -1.47. The molecule has 0 aliphatic heterocycles. The molecule has 0 saturated heterocycles. The van der Waals surface area contributed by atoms with E-state index in [1.807, 2.05) is 0 Å². The highest BCUT2D eigenvalue weighted by Gasteiger charge is 2.13. The first-order chi connectivity index (χ1) is 4.45. The molecule has 0 rings (SSSR count). The van der Waals surface area contributed by atoms with Crippen molar-refractivity contribution in [3.63, 3.8) is 0 Å². The van der Waals surface area contributed by atoms with Crippen LogP contribution >= 0.6 is 0 Å². The van der Waals surface area contributed by atoms with Gasteiger partial charge >= 0.3 is 0 Å². The van der Waals surface area contributed by atoms with Crippen molar-refractivity contribution in [3.05, 3.63) is 0 Å². The van der Waals surface area contributed by atoms with Gasteiger partial charge in [-0.05, 0) is 20.8 Å². The molecule has 0 aliphatic rings. The lowest BCUT2D eigenvalue weighted by molar-refractivity contribution is -0.0327. The molecular formula is C7H14F2O. The Hall–Kier alpha value is -0.180. The van der Waals surface area contributed by atoms with E-state index in [-0.39, 0.29) is 12.2 Å². The lowest BCUT2D eigenvalue weighted by Crippen LogP contribution is -2.24. The minimum absolute atomic E-state index is 0.153. The van der Waals surface area contributed by atoms with Gasteiger partial charge in [0.2, 0.25) is 0 Å². The number of halogens is 2. The van der Waals surface area contributed by atoms with Crippen molar-refractivity contribution in [1.29, 1.82) is 0 Å². The number of hydrogen-bond acceptors (Lipinski definition) is 1. The summed E-state index contributed by atoms with van der Waals surface area (Å²) >= 11 is 0. The summed E-state index contributed by atoms with van der Waals surface area (Å²) in [4.78, 5) is 0. The molecule has 1 nitrogen and oxygen atoms in total. The van der Waals surface area contributed by atoms with Crippen LogP contribution < -0.4 is 0 Å². The second-order valence-electron chi connectivity index (χ2n) is 3.17. The van der Waals surface area contributed by atoms with Gasteiger partial charge in [0, 0.05) is 0 Å². The van der Waals surface area contributed by atoms with Crippen molar-refractivity contribution in [2.75, 3.05) is 13.3 Å². The predicted octanol–water partition coefficient (Wildman–Crippen LogP) is 2.11. The summed E-state index contributed by atoms with van der Waals surface area (Å²) in [5.74, 6) is 0. The lowest BCUT2D eigenvalue weighted by Gasteiger charge is -2.19. The molecule has 0 aromatic rings. The van der Waals surface area contributed by atoms with Gasteiger partial charge in [-0.1, -0.05) is 0 Å². The van der Waals surface area contributed by atoms with E-state index >= 15 is 0 Å². The van der Waals surface area contributed by atoms with Crippen molar-refractivity contribution < 1.29 is 13.5 Å². The van der Waals surface area contributed by atoms with E-state index in [2.05, 4.69) is 0 Å². The van der Waals surface area contributed by atoms with E-state index in [1.54, 1.807) is 20.8 Å². The summed E-state index contributed by atoms with van der Waals surface area (Å²) in [5.41, 5.74) is -0.375. The summed E-state index contributed by atoms with van der Waals surface area (Å²) in [7, 11) is 0. The molecule has 10 heavy (non-hydrogen) atoms. The molecule has 0 aromatic carbocycles. The van der Waals surface area contributed by atoms with E-state index < -0.39 is 12.8 Å². The van der Waals surface area contributed by atoms with Crippen LogP contribution in [-0.4, -0.2) is 25.1 Å². The highest BCUT2D eigenvalue weighted by atomic mass is 19.2. The Morgan fingerprint density at radius 2 is 1.90 bits per heavy atom. The van der Waals surface area contributed by atoms with Crippen LogP contribution in [0, 0.1) is 0 Å². The Morgan fingerprint density at radius 1 is 1.40 bits per heavy atom. The van der Waals surface area contributed by atoms with Crippen LogP contribution in [0.1, 0.15) is 20.8 Å². The standard InChI is InChI=1S/C7H14F2O/c1-7(2,3)10-5-6(9)4-8/h6H,4-5H2,1-3H3/t6-/m0/s1. The summed E-state index contributed by atoms with van der Waals surface area (Å²) in [6.07, 6.45) is -1.47. The quantitative estimate of drug-likeness (QED) is 0.601. The zero-order chi connectivity index (χ0) is 8.20. The largest absolute Gasteiger partial charge is 0.373 e. The average molecular weight is 152 g/mol. The second-order valence-corrected chi connectivity index (χ2v) is 3.17. The summed E-state index contributed by atoms with van der Waals surface area (Å²) in [6, 6.07) is 0. The van der Waals surface area contributed by atoms with Gasteiger partial charge in [-0.3, -0.25) is 0 Å². The van der Waals surface area contributed by atoms with Crippen molar-refractivity contribution in [2.45, 2.75) is 32.5 Å². The van der Waals surface area contributed by atoms with E-state index in [0.717, 1.165) is 0 Å². The van der Waals surface area contributed by atoms with Crippen LogP contribution in [0.25, 0.3) is 0 Å². The van der Waals surface area contributed by atoms with Gasteiger partial charge in [-0.25, -0.2) is 8.78 Å². The Kier molecular flexibility index (Phi) is 3.79. The maximum atomic E-state index is 12.2. The SMILES string of the molecule is CC(C)(C)OC[C@@H](F)CF. The number of rotatable bonds is 3. The maximum Gasteiger partial charge on any atom is 0.152 e. The van der Waals surface area contributed by atoms with Gasteiger partial charge in [0.15, 0.2) is 6.17 Å². The molecule has 0 fully saturated rings. The van der Waals surface area contributed by atoms with Gasteiger partial charge in [0.1, 0.15) is 6.67 Å². The zero-order valence-corrected chi connectivity index (χ0v) is 6.66. The van der Waals surface area contributed by atoms with Crippen LogP contribution in [0.4, 0.5) is 8.78 Å². The van der Waals surface area contributed by atoms with Crippen LogP contribution in [0.3, 0.4) is 0 Å². The minimum Gasteiger partial charge on any atom is -0.373 e. The zero-order valence-electron chi connectivity index (χ0n) is 6.66. The Labute approximate surface area is 60.4 Å². The highest BCUT2D eigenvalue weighted by molar-refractivity contribution is 4.61. The lowest BCUT2D eigenvalue weighted by atomic mass is 10.2. The fraction of sp³-hybridized carbons (Fsp3) is 1.00. The molecular weight excluding hydrogens is 138 g/mol. The molecule has 0 aromatic heterocycles. The fourth-order valence-electron chi connectivity index (χ4n) is 0.385. The first-order valence-electron chi connectivity index (χ1n) is 3.29. The molecule has 1 atom stereocenters. The molecule has 0 unspecified atom stereocenters. The third kappa shape index (κ3) is 5.95. The van der Waals surface area contributed by atoms with Crippen LogP contribution in [0.2, 0.25) is 0 Å². The summed E-state index contributed by atoms with van der Waals surface area (Å²) in [5, 5.41) is 0. The van der Waals surface area contributed by atoms with Gasteiger partial charge in [0.05, 0.1) is 12.2 Å². The normalized spacial score (nSPS) is 15.3. The molecule has 0 aliphatic carbocycles. The van der Waals surface area contributed by atoms with Crippen molar-refractivity contribution in [3.8, 4) is 0 Å². The van der Waals surface area contributed by atoms with Gasteiger partial charge < -0.3 is 4.74 Å². The van der Waals surface area contributed by atoms with Gasteiger partial charge in [-0.15, -0.1) is 0 Å². The van der Waals surface area contributed by atoms with Crippen molar-refractivity contribution in [1.82, 2.24) is 0 Å². The van der Waals surface area contributed by atoms with E-state index in [0.29, 0.717) is 0 Å². The molecule has 0 bridgehead atoms. The van der Waals surface area contributed by atoms with Crippen LogP contribution in [-0.2, 0) is 4.74 Å². The second kappa shape index (κ2) is 3.86. The molecule has 0 radical (unpaired) electrons. The summed E-state index contributed by atoms with van der Waals surface area (Å²) < 4.78 is 28.6. The first kappa shape index (κ1) is 9.82. The van der Waals surface area contributed by atoms with E-state index in [9.17, 15) is 8.78 Å². The number of alkyl halides is 2. The van der Waals surface area contributed by atoms with Crippen LogP contribution in [0.15, 0.2) is 0 Å². The Balaban J connectivity index is 3.36. The fourth-order valence-corrected chi connectivity index (χ4v) is 0.385. The highest BCUT2D eigenvalue weighted by Crippen LogP contribution is 2.08. The van der Waals surface area contributed by atoms with Crippen molar-refractivity contribution in [2.24, 2.45) is 0 Å². The van der Waals surface area contributed by atoms with E-state index in [4.69, 9.17) is 4.74 Å². The van der Waals surface area contributed by atoms with E-state index in [1.165, 1.54) is 0 Å². The number of ether oxygens (including phenoxy) is 1. The first-order valence-corrected chi connectivity index (χ1v) is 3.29. The summed E-state index contributed by atoms with van der Waals surface area (Å²) in [6.45, 7) is 4.30. The molecule has 0 N–H and O–H groups in total. The molecule has 0 spiro atoms. The van der Waals surface area contributed by atoms with Gasteiger partial charge in [-0.2, -0.15) is 0 Å². The molecule has 0 saturated carbocycles. The third-order valence-corrected chi connectivity index (χ3v) is 0.865. The topological polar surface area (TPSA) is 9.23 Å².